The molecule has 0 saturated heterocycles. The molecule has 0 aromatic rings. The lowest BCUT2D eigenvalue weighted by molar-refractivity contribution is -0.117. The molecule has 0 radical (unpaired) electrons. The second-order valence-electron chi connectivity index (χ2n) is 2.37. The highest BCUT2D eigenvalue weighted by Crippen LogP contribution is 1.97. The van der Waals surface area contributed by atoms with Crippen molar-refractivity contribution in [1.82, 2.24) is 5.32 Å². The summed E-state index contributed by atoms with van der Waals surface area (Å²) in [5.74, 6) is -0.0612. The van der Waals surface area contributed by atoms with E-state index in [-0.39, 0.29) is 12.0 Å². The molecule has 1 N–H and O–H groups in total. The van der Waals surface area contributed by atoms with E-state index >= 15 is 0 Å². The van der Waals surface area contributed by atoms with Gasteiger partial charge in [-0.2, -0.15) is 0 Å². The van der Waals surface area contributed by atoms with Crippen LogP contribution in [0.25, 0.3) is 0 Å². The summed E-state index contributed by atoms with van der Waals surface area (Å²) < 4.78 is 4.96. The number of methoxy groups -OCH3 is 1. The molecule has 0 heterocycles. The molecule has 0 spiro atoms. The maximum absolute atomic E-state index is 10.9. The van der Waals surface area contributed by atoms with E-state index in [4.69, 9.17) is 4.74 Å². The van der Waals surface area contributed by atoms with Crippen molar-refractivity contribution in [3.05, 3.63) is 11.6 Å². The van der Waals surface area contributed by atoms with E-state index in [1.165, 1.54) is 0 Å². The molecular formula is C8H15NO2. The van der Waals surface area contributed by atoms with Crippen LogP contribution in [0.3, 0.4) is 0 Å². The molecule has 0 saturated carbocycles. The van der Waals surface area contributed by atoms with Gasteiger partial charge < -0.3 is 10.1 Å². The van der Waals surface area contributed by atoms with Crippen molar-refractivity contribution in [2.75, 3.05) is 14.2 Å². The number of carbonyl (C=O) groups is 1. The molecule has 0 aliphatic rings. The predicted octanol–water partition coefficient (Wildman–Crippen LogP) is 0.714. The third-order valence-electron chi connectivity index (χ3n) is 1.44. The van der Waals surface area contributed by atoms with Crippen LogP contribution in [0.5, 0.6) is 0 Å². The molecule has 1 amide bonds. The van der Waals surface area contributed by atoms with Crippen LogP contribution in [0.15, 0.2) is 11.6 Å². The van der Waals surface area contributed by atoms with Crippen molar-refractivity contribution in [3.63, 3.8) is 0 Å². The Morgan fingerprint density at radius 3 is 2.55 bits per heavy atom. The first-order chi connectivity index (χ1) is 5.11. The summed E-state index contributed by atoms with van der Waals surface area (Å²) in [6.07, 6.45) is 1.77. The average molecular weight is 157 g/mol. The van der Waals surface area contributed by atoms with Crippen LogP contribution in [-0.2, 0) is 9.53 Å². The molecule has 64 valence electrons. The van der Waals surface area contributed by atoms with E-state index in [1.807, 2.05) is 6.92 Å². The molecule has 0 aliphatic heterocycles. The Morgan fingerprint density at radius 2 is 2.18 bits per heavy atom. The van der Waals surface area contributed by atoms with Gasteiger partial charge in [0.25, 0.3) is 0 Å². The number of rotatable bonds is 3. The Kier molecular flexibility index (Phi) is 4.54. The summed E-state index contributed by atoms with van der Waals surface area (Å²) >= 11 is 0. The highest BCUT2D eigenvalue weighted by Gasteiger charge is 2.02. The van der Waals surface area contributed by atoms with Gasteiger partial charge >= 0.3 is 0 Å². The Balaban J connectivity index is 4.09. The summed E-state index contributed by atoms with van der Waals surface area (Å²) in [6, 6.07) is 0. The second-order valence-corrected chi connectivity index (χ2v) is 2.37. The first-order valence-electron chi connectivity index (χ1n) is 3.55. The largest absolute Gasteiger partial charge is 0.378 e. The van der Waals surface area contributed by atoms with Gasteiger partial charge in [-0.25, -0.2) is 0 Å². The van der Waals surface area contributed by atoms with E-state index in [0.717, 1.165) is 0 Å². The highest BCUT2D eigenvalue weighted by atomic mass is 16.5. The molecule has 11 heavy (non-hydrogen) atoms. The molecule has 0 aromatic carbocycles. The summed E-state index contributed by atoms with van der Waals surface area (Å²) in [5, 5.41) is 2.53. The number of likely N-dealkylation sites (N-methyl/N-ethyl adjacent to an activating group) is 1. The van der Waals surface area contributed by atoms with Crippen molar-refractivity contribution >= 4 is 5.91 Å². The van der Waals surface area contributed by atoms with Gasteiger partial charge in [0, 0.05) is 19.7 Å². The highest BCUT2D eigenvalue weighted by molar-refractivity contribution is 5.92. The zero-order valence-electron chi connectivity index (χ0n) is 7.47. The Labute approximate surface area is 67.4 Å². The monoisotopic (exact) mass is 157 g/mol. The zero-order chi connectivity index (χ0) is 8.85. The number of carbonyl (C=O) groups excluding carboxylic acids is 1. The fourth-order valence-corrected chi connectivity index (χ4v) is 0.693. The van der Waals surface area contributed by atoms with E-state index in [2.05, 4.69) is 5.32 Å². The molecule has 0 rings (SSSR count). The fraction of sp³-hybridized carbons (Fsp3) is 0.625. The Hall–Kier alpha value is -0.830. The van der Waals surface area contributed by atoms with Crippen molar-refractivity contribution in [1.29, 1.82) is 0 Å². The molecule has 0 bridgehead atoms. The topological polar surface area (TPSA) is 38.3 Å². The molecular weight excluding hydrogens is 142 g/mol. The quantitative estimate of drug-likeness (QED) is 0.613. The second kappa shape index (κ2) is 4.91. The first kappa shape index (κ1) is 10.2. The molecule has 0 aromatic heterocycles. The summed E-state index contributed by atoms with van der Waals surface area (Å²) in [7, 11) is 3.22. The minimum atomic E-state index is -0.0612. The number of amides is 1. The fourth-order valence-electron chi connectivity index (χ4n) is 0.693. The van der Waals surface area contributed by atoms with Crippen molar-refractivity contribution in [2.45, 2.75) is 20.0 Å². The van der Waals surface area contributed by atoms with Crippen LogP contribution in [0.1, 0.15) is 13.8 Å². The van der Waals surface area contributed by atoms with Crippen LogP contribution >= 0.6 is 0 Å². The standard InChI is InChI=1S/C8H15NO2/c1-6(8(10)9-3)5-7(2)11-4/h5,7H,1-4H3,(H,9,10)/b6-5+. The van der Waals surface area contributed by atoms with Crippen molar-refractivity contribution < 1.29 is 9.53 Å². The van der Waals surface area contributed by atoms with Gasteiger partial charge in [0.1, 0.15) is 0 Å². The third-order valence-corrected chi connectivity index (χ3v) is 1.44. The molecule has 0 fully saturated rings. The lowest BCUT2D eigenvalue weighted by Crippen LogP contribution is -2.19. The van der Waals surface area contributed by atoms with Crippen LogP contribution in [0, 0.1) is 0 Å². The van der Waals surface area contributed by atoms with Gasteiger partial charge in [0.05, 0.1) is 6.10 Å². The van der Waals surface area contributed by atoms with Gasteiger partial charge in [0.15, 0.2) is 0 Å². The van der Waals surface area contributed by atoms with Crippen LogP contribution in [0.4, 0.5) is 0 Å². The smallest absolute Gasteiger partial charge is 0.246 e. The lowest BCUT2D eigenvalue weighted by Gasteiger charge is -2.04. The van der Waals surface area contributed by atoms with Gasteiger partial charge in [-0.15, -0.1) is 0 Å². The summed E-state index contributed by atoms with van der Waals surface area (Å²) in [4.78, 5) is 10.9. The first-order valence-corrected chi connectivity index (χ1v) is 3.55. The maximum Gasteiger partial charge on any atom is 0.246 e. The Bertz CT molecular complexity index is 163. The molecule has 0 aliphatic carbocycles. The third kappa shape index (κ3) is 3.78. The maximum atomic E-state index is 10.9. The predicted molar refractivity (Wildman–Crippen MR) is 44.3 cm³/mol. The molecule has 1 atom stereocenters. The molecule has 1 unspecified atom stereocenters. The van der Waals surface area contributed by atoms with Gasteiger partial charge in [-0.3, -0.25) is 4.79 Å². The SMILES string of the molecule is CNC(=O)/C(C)=C/C(C)OC. The number of hydrogen-bond donors (Lipinski definition) is 1. The number of ether oxygens (including phenoxy) is 1. The van der Waals surface area contributed by atoms with Crippen molar-refractivity contribution in [3.8, 4) is 0 Å². The average Bonchev–Trinajstić information content (AvgIpc) is 2.02. The van der Waals surface area contributed by atoms with Crippen molar-refractivity contribution in [2.24, 2.45) is 0 Å². The zero-order valence-corrected chi connectivity index (χ0v) is 7.47. The van der Waals surface area contributed by atoms with Crippen LogP contribution < -0.4 is 5.32 Å². The van der Waals surface area contributed by atoms with E-state index in [0.29, 0.717) is 5.57 Å². The summed E-state index contributed by atoms with van der Waals surface area (Å²) in [6.45, 7) is 3.64. The minimum Gasteiger partial charge on any atom is -0.378 e. The molecule has 3 heteroatoms. The van der Waals surface area contributed by atoms with Gasteiger partial charge in [0.2, 0.25) is 5.91 Å². The van der Waals surface area contributed by atoms with Gasteiger partial charge in [-0.05, 0) is 19.9 Å². The van der Waals surface area contributed by atoms with Gasteiger partial charge in [-0.1, -0.05) is 0 Å². The minimum absolute atomic E-state index is 0.00713. The van der Waals surface area contributed by atoms with E-state index < -0.39 is 0 Å². The Morgan fingerprint density at radius 1 is 1.64 bits per heavy atom. The number of nitrogens with one attached hydrogen (secondary N) is 1. The van der Waals surface area contributed by atoms with Crippen LogP contribution in [-0.4, -0.2) is 26.2 Å². The van der Waals surface area contributed by atoms with Crippen LogP contribution in [0.2, 0.25) is 0 Å². The van der Waals surface area contributed by atoms with E-state index in [1.54, 1.807) is 27.2 Å². The number of hydrogen-bond acceptors (Lipinski definition) is 2. The normalized spacial score (nSPS) is 14.4. The molecule has 3 nitrogen and oxygen atoms in total. The summed E-state index contributed by atoms with van der Waals surface area (Å²) in [5.41, 5.74) is 0.682. The van der Waals surface area contributed by atoms with E-state index in [9.17, 15) is 4.79 Å². The lowest BCUT2D eigenvalue weighted by atomic mass is 10.2.